The predicted octanol–water partition coefficient (Wildman–Crippen LogP) is 2.29. The quantitative estimate of drug-likeness (QED) is 0.451. The Morgan fingerprint density at radius 2 is 1.91 bits per heavy atom. The molecule has 0 radical (unpaired) electrons. The first-order valence-corrected chi connectivity index (χ1v) is 11.7. The van der Waals surface area contributed by atoms with Crippen LogP contribution < -0.4 is 5.73 Å². The number of hydrogen-bond donors (Lipinski definition) is 3. The summed E-state index contributed by atoms with van der Waals surface area (Å²) in [6, 6.07) is 12.2. The molecule has 0 aliphatic heterocycles. The number of Topliss-reactive ketones (excluding diaryl/α,β-unsaturated/α-hetero) is 1. The van der Waals surface area contributed by atoms with Crippen molar-refractivity contribution >= 4 is 53.1 Å². The number of aliphatic carboxylic acids is 1. The van der Waals surface area contributed by atoms with Crippen molar-refractivity contribution < 1.29 is 19.8 Å². The maximum absolute atomic E-state index is 13.9. The summed E-state index contributed by atoms with van der Waals surface area (Å²) in [5.74, 6) is -2.30. The number of hydrogen-bond acceptors (Lipinski definition) is 6. The van der Waals surface area contributed by atoms with Gasteiger partial charge in [0.1, 0.15) is 6.04 Å². The minimum absolute atomic E-state index is 0. The van der Waals surface area contributed by atoms with E-state index in [4.69, 9.17) is 5.73 Å². The molecule has 1 aromatic carbocycles. The van der Waals surface area contributed by atoms with Crippen LogP contribution in [0.25, 0.3) is 0 Å². The number of carboxylic acid groups (broad SMARTS) is 1. The Kier molecular flexibility index (Phi) is 10.5. The fourth-order valence-corrected chi connectivity index (χ4v) is 5.27. The summed E-state index contributed by atoms with van der Waals surface area (Å²) in [6.45, 7) is -0.193. The second kappa shape index (κ2) is 12.6. The molecule has 170 valence electrons. The third-order valence-electron chi connectivity index (χ3n) is 6.11. The Hall–Kier alpha value is -1.74. The number of aromatic nitrogens is 1. The van der Waals surface area contributed by atoms with Crippen molar-refractivity contribution in [1.82, 2.24) is 4.98 Å². The molecule has 0 spiro atoms. The van der Waals surface area contributed by atoms with E-state index < -0.39 is 34.5 Å². The van der Waals surface area contributed by atoms with Gasteiger partial charge in [-0.05, 0) is 29.9 Å². The van der Waals surface area contributed by atoms with E-state index in [0.29, 0.717) is 0 Å². The van der Waals surface area contributed by atoms with Gasteiger partial charge >= 0.3 is 35.5 Å². The van der Waals surface area contributed by atoms with E-state index in [0.717, 1.165) is 11.1 Å². The zero-order valence-electron chi connectivity index (χ0n) is 17.9. The number of carboxylic acids is 1. The summed E-state index contributed by atoms with van der Waals surface area (Å²) in [6.07, 6.45) is 12.8. The van der Waals surface area contributed by atoms with Gasteiger partial charge in [-0.3, -0.25) is 14.6 Å². The molecule has 1 aromatic heterocycles. The number of aliphatic hydroxyl groups is 1. The summed E-state index contributed by atoms with van der Waals surface area (Å²) in [5.41, 5.74) is 6.61. The summed E-state index contributed by atoms with van der Waals surface area (Å²) in [7, 11) is 0. The number of thioether (sulfide) groups is 1. The molecule has 5 atom stereocenters. The summed E-state index contributed by atoms with van der Waals surface area (Å²) in [5, 5.41) is 19.2. The van der Waals surface area contributed by atoms with Crippen LogP contribution in [0.15, 0.2) is 79.2 Å². The molecule has 1 heterocycles. The van der Waals surface area contributed by atoms with Gasteiger partial charge in [0, 0.05) is 23.7 Å². The van der Waals surface area contributed by atoms with Gasteiger partial charge in [-0.15, -0.1) is 0 Å². The molecule has 6 nitrogen and oxygen atoms in total. The number of ketones is 1. The van der Waals surface area contributed by atoms with Crippen LogP contribution in [-0.2, 0) is 15.0 Å². The van der Waals surface area contributed by atoms with Gasteiger partial charge in [-0.25, -0.2) is 0 Å². The van der Waals surface area contributed by atoms with E-state index in [1.54, 1.807) is 18.6 Å². The molecule has 0 amide bonds. The number of pyridine rings is 1. The van der Waals surface area contributed by atoms with Crippen molar-refractivity contribution in [1.29, 1.82) is 0 Å². The van der Waals surface area contributed by atoms with E-state index in [1.807, 2.05) is 66.8 Å². The second-order valence-corrected chi connectivity index (χ2v) is 8.89. The topological polar surface area (TPSA) is 114 Å². The third-order valence-corrected chi connectivity index (χ3v) is 7.11. The number of benzene rings is 1. The molecule has 1 aliphatic carbocycles. The molecule has 33 heavy (non-hydrogen) atoms. The van der Waals surface area contributed by atoms with Crippen molar-refractivity contribution in [3.05, 3.63) is 90.3 Å². The van der Waals surface area contributed by atoms with Gasteiger partial charge in [0.25, 0.3) is 0 Å². The molecule has 5 unspecified atom stereocenters. The van der Waals surface area contributed by atoms with Crippen LogP contribution in [0.2, 0.25) is 0 Å². The Labute approximate surface area is 220 Å². The molecule has 0 bridgehead atoms. The number of nitrogens with two attached hydrogens (primary N) is 1. The third kappa shape index (κ3) is 5.85. The van der Waals surface area contributed by atoms with Crippen molar-refractivity contribution in [2.45, 2.75) is 29.0 Å². The van der Waals surface area contributed by atoms with E-state index in [2.05, 4.69) is 4.98 Å². The van der Waals surface area contributed by atoms with Gasteiger partial charge in [0.2, 0.25) is 0 Å². The fourth-order valence-electron chi connectivity index (χ4n) is 4.49. The van der Waals surface area contributed by atoms with Gasteiger partial charge in [-0.2, -0.15) is 11.8 Å². The molecule has 0 saturated heterocycles. The average molecular weight is 477 g/mol. The SMILES string of the molecule is CSC(CC(N)C(=O)O)C(=O)C1C=CC=CC1(c1ccccc1)C(CO)c1cccnc1.[NaH]. The number of rotatable bonds is 10. The van der Waals surface area contributed by atoms with Crippen LogP contribution in [0.4, 0.5) is 0 Å². The van der Waals surface area contributed by atoms with Crippen LogP contribution in [-0.4, -0.2) is 80.7 Å². The zero-order chi connectivity index (χ0) is 23.1. The summed E-state index contributed by atoms with van der Waals surface area (Å²) >= 11 is 1.30. The number of carbonyl (C=O) groups is 2. The first-order valence-electron chi connectivity index (χ1n) is 10.4. The van der Waals surface area contributed by atoms with Crippen LogP contribution in [0.3, 0.4) is 0 Å². The van der Waals surface area contributed by atoms with Gasteiger partial charge in [-0.1, -0.05) is 60.7 Å². The molecule has 8 heteroatoms. The van der Waals surface area contributed by atoms with Gasteiger partial charge in [0.15, 0.2) is 5.78 Å². The maximum atomic E-state index is 13.9. The first-order chi connectivity index (χ1) is 15.5. The molecule has 4 N–H and O–H groups in total. The Morgan fingerprint density at radius 3 is 2.48 bits per heavy atom. The van der Waals surface area contributed by atoms with Crippen molar-refractivity contribution in [3.8, 4) is 0 Å². The van der Waals surface area contributed by atoms with E-state index in [1.165, 1.54) is 11.8 Å². The molecular weight excluding hydrogens is 447 g/mol. The average Bonchev–Trinajstić information content (AvgIpc) is 2.83. The molecule has 1 aliphatic rings. The Balaban J connectivity index is 0.00000385. The molecular formula is C25H29N2NaO4S. The summed E-state index contributed by atoms with van der Waals surface area (Å²) < 4.78 is 0. The number of nitrogens with zero attached hydrogens (tertiary/aromatic N) is 1. The monoisotopic (exact) mass is 476 g/mol. The number of aliphatic hydroxyl groups excluding tert-OH is 1. The van der Waals surface area contributed by atoms with Crippen LogP contribution in [0, 0.1) is 5.92 Å². The van der Waals surface area contributed by atoms with Gasteiger partial charge in [0.05, 0.1) is 17.8 Å². The number of allylic oxidation sites excluding steroid dienone is 4. The van der Waals surface area contributed by atoms with Crippen molar-refractivity contribution in [2.75, 3.05) is 12.9 Å². The van der Waals surface area contributed by atoms with Crippen LogP contribution >= 0.6 is 11.8 Å². The normalized spacial score (nSPS) is 22.1. The first kappa shape index (κ1) is 27.5. The Morgan fingerprint density at radius 1 is 1.18 bits per heavy atom. The van der Waals surface area contributed by atoms with E-state index in [9.17, 15) is 19.8 Å². The molecule has 2 aromatic rings. The van der Waals surface area contributed by atoms with Crippen LogP contribution in [0.5, 0.6) is 0 Å². The van der Waals surface area contributed by atoms with E-state index >= 15 is 0 Å². The summed E-state index contributed by atoms with van der Waals surface area (Å²) in [4.78, 5) is 29.4. The van der Waals surface area contributed by atoms with Crippen molar-refractivity contribution in [2.24, 2.45) is 11.7 Å². The van der Waals surface area contributed by atoms with Crippen LogP contribution in [0.1, 0.15) is 23.5 Å². The van der Waals surface area contributed by atoms with Gasteiger partial charge < -0.3 is 15.9 Å². The zero-order valence-corrected chi connectivity index (χ0v) is 18.7. The second-order valence-electron chi connectivity index (χ2n) is 7.85. The molecule has 3 rings (SSSR count). The number of carbonyl (C=O) groups excluding carboxylic acids is 1. The predicted molar refractivity (Wildman–Crippen MR) is 134 cm³/mol. The molecule has 0 saturated carbocycles. The minimum atomic E-state index is -1.13. The Bertz CT molecular complexity index is 986. The van der Waals surface area contributed by atoms with Crippen molar-refractivity contribution in [3.63, 3.8) is 0 Å². The standard InChI is InChI=1S/C25H28N2O4S.Na.H/c1-32-22(14-21(26)24(30)31)23(29)19-11-5-6-12-25(19,18-9-3-2-4-10-18)20(16-28)17-8-7-13-27-15-17;;/h2-13,15,19-22,28H,14,16,26H2,1H3,(H,30,31);;. The molecule has 0 fully saturated rings. The fraction of sp³-hybridized carbons (Fsp3) is 0.320. The van der Waals surface area contributed by atoms with E-state index in [-0.39, 0.29) is 48.4 Å².